The molecule has 174 valence electrons. The molecule has 0 aliphatic heterocycles. The molecule has 1 atom stereocenters. The molecule has 10 heteroatoms. The van der Waals surface area contributed by atoms with Gasteiger partial charge in [0, 0.05) is 34.9 Å². The van der Waals surface area contributed by atoms with Crippen molar-refractivity contribution < 1.29 is 18.3 Å². The second kappa shape index (κ2) is 9.92. The van der Waals surface area contributed by atoms with Crippen molar-refractivity contribution in [2.24, 2.45) is 5.92 Å². The van der Waals surface area contributed by atoms with Crippen LogP contribution in [0.5, 0.6) is 5.75 Å². The molecule has 2 aromatic heterocycles. The lowest BCUT2D eigenvalue weighted by Gasteiger charge is -2.34. The zero-order valence-corrected chi connectivity index (χ0v) is 18.1. The van der Waals surface area contributed by atoms with Crippen molar-refractivity contribution in [3.8, 4) is 17.1 Å². The van der Waals surface area contributed by atoms with Crippen molar-refractivity contribution in [1.29, 1.82) is 0 Å². The predicted octanol–water partition coefficient (Wildman–Crippen LogP) is 5.13. The fraction of sp³-hybridized carbons (Fsp3) is 0.250. The first kappa shape index (κ1) is 21.9. The second-order valence-corrected chi connectivity index (χ2v) is 7.94. The Kier molecular flexibility index (Phi) is 6.39. The Morgan fingerprint density at radius 3 is 2.56 bits per heavy atom. The standard InChI is InChI=1S/C24H22F2N6O2/c25-24(26)34-21-10-8-19(9-11-21)32(20-5-1-3-17(13-20)22-28-30-31-29-22)23(33-15-16-6-7-16)18-4-2-12-27-14-18/h1-5,8-14,16,23-24H,6-7,15H2,(H,28,29,30,31). The van der Waals surface area contributed by atoms with E-state index in [1.807, 2.05) is 41.3 Å². The number of H-pyrrole nitrogens is 1. The molecule has 4 aromatic rings. The van der Waals surface area contributed by atoms with Crippen molar-refractivity contribution in [3.05, 3.63) is 78.6 Å². The van der Waals surface area contributed by atoms with E-state index in [0.29, 0.717) is 18.3 Å². The molecular weight excluding hydrogens is 442 g/mol. The number of halogens is 2. The van der Waals surface area contributed by atoms with E-state index in [4.69, 9.17) is 4.74 Å². The fourth-order valence-corrected chi connectivity index (χ4v) is 3.64. The third kappa shape index (κ3) is 5.18. The molecule has 1 N–H and O–H groups in total. The van der Waals surface area contributed by atoms with Crippen molar-refractivity contribution in [1.82, 2.24) is 25.6 Å². The Labute approximate surface area is 194 Å². The Bertz CT molecular complexity index is 1190. The molecule has 0 saturated heterocycles. The first-order valence-electron chi connectivity index (χ1n) is 10.9. The number of aromatic nitrogens is 5. The van der Waals surface area contributed by atoms with E-state index in [9.17, 15) is 8.78 Å². The van der Waals surface area contributed by atoms with Crippen LogP contribution in [0, 0.1) is 5.92 Å². The van der Waals surface area contributed by atoms with Crippen LogP contribution in [-0.2, 0) is 4.74 Å². The number of nitrogens with zero attached hydrogens (tertiary/aromatic N) is 5. The highest BCUT2D eigenvalue weighted by Gasteiger charge is 2.29. The van der Waals surface area contributed by atoms with E-state index >= 15 is 0 Å². The Balaban J connectivity index is 1.57. The molecule has 1 aliphatic carbocycles. The summed E-state index contributed by atoms with van der Waals surface area (Å²) >= 11 is 0. The molecule has 5 rings (SSSR count). The summed E-state index contributed by atoms with van der Waals surface area (Å²) in [4.78, 5) is 6.28. The van der Waals surface area contributed by atoms with Crippen molar-refractivity contribution in [2.45, 2.75) is 25.7 Å². The summed E-state index contributed by atoms with van der Waals surface area (Å²) in [6.07, 6.45) is 5.26. The summed E-state index contributed by atoms with van der Waals surface area (Å²) in [5.74, 6) is 1.07. The number of rotatable bonds is 10. The van der Waals surface area contributed by atoms with Gasteiger partial charge < -0.3 is 14.4 Å². The van der Waals surface area contributed by atoms with Gasteiger partial charge in [-0.3, -0.25) is 4.98 Å². The molecule has 2 aromatic carbocycles. The van der Waals surface area contributed by atoms with Gasteiger partial charge in [0.2, 0.25) is 5.82 Å². The number of benzene rings is 2. The highest BCUT2D eigenvalue weighted by atomic mass is 19.3. The molecule has 0 amide bonds. The van der Waals surface area contributed by atoms with Gasteiger partial charge in [-0.1, -0.05) is 18.2 Å². The van der Waals surface area contributed by atoms with Crippen LogP contribution in [0.1, 0.15) is 24.6 Å². The van der Waals surface area contributed by atoms with E-state index in [0.717, 1.165) is 35.3 Å². The first-order valence-corrected chi connectivity index (χ1v) is 10.9. The summed E-state index contributed by atoms with van der Waals surface area (Å²) < 4.78 is 36.3. The molecule has 1 saturated carbocycles. The van der Waals surface area contributed by atoms with Crippen LogP contribution in [0.3, 0.4) is 0 Å². The second-order valence-electron chi connectivity index (χ2n) is 7.94. The summed E-state index contributed by atoms with van der Waals surface area (Å²) in [5, 5.41) is 14.3. The lowest BCUT2D eigenvalue weighted by atomic mass is 10.1. The highest BCUT2D eigenvalue weighted by Crippen LogP contribution is 2.39. The van der Waals surface area contributed by atoms with Crippen LogP contribution in [-0.4, -0.2) is 38.8 Å². The van der Waals surface area contributed by atoms with Gasteiger partial charge in [-0.25, -0.2) is 0 Å². The van der Waals surface area contributed by atoms with Gasteiger partial charge in [0.05, 0.1) is 6.61 Å². The lowest BCUT2D eigenvalue weighted by molar-refractivity contribution is -0.0498. The summed E-state index contributed by atoms with van der Waals surface area (Å²) in [5.41, 5.74) is 3.16. The quantitative estimate of drug-likeness (QED) is 0.326. The zero-order chi connectivity index (χ0) is 23.3. The first-order chi connectivity index (χ1) is 16.7. The average Bonchev–Trinajstić information content (AvgIpc) is 3.52. The molecule has 8 nitrogen and oxygen atoms in total. The van der Waals surface area contributed by atoms with Gasteiger partial charge in [0.15, 0.2) is 6.23 Å². The zero-order valence-electron chi connectivity index (χ0n) is 18.1. The normalized spacial score (nSPS) is 14.2. The minimum atomic E-state index is -2.89. The van der Waals surface area contributed by atoms with Gasteiger partial charge >= 0.3 is 6.61 Å². The number of hydrogen-bond donors (Lipinski definition) is 1. The molecular formula is C24H22F2N6O2. The topological polar surface area (TPSA) is 89.1 Å². The third-order valence-corrected chi connectivity index (χ3v) is 5.46. The number of hydrogen-bond acceptors (Lipinski definition) is 7. The molecule has 0 bridgehead atoms. The largest absolute Gasteiger partial charge is 0.435 e. The number of alkyl halides is 2. The maximum Gasteiger partial charge on any atom is 0.387 e. The predicted molar refractivity (Wildman–Crippen MR) is 120 cm³/mol. The fourth-order valence-electron chi connectivity index (χ4n) is 3.64. The Morgan fingerprint density at radius 2 is 1.88 bits per heavy atom. The van der Waals surface area contributed by atoms with Gasteiger partial charge in [-0.05, 0) is 66.4 Å². The number of aromatic amines is 1. The van der Waals surface area contributed by atoms with Crippen molar-refractivity contribution >= 4 is 11.4 Å². The maximum atomic E-state index is 12.7. The molecule has 1 aliphatic rings. The van der Waals surface area contributed by atoms with E-state index in [1.165, 1.54) is 12.1 Å². The summed E-state index contributed by atoms with van der Waals surface area (Å²) in [6, 6.07) is 17.9. The average molecular weight is 464 g/mol. The Morgan fingerprint density at radius 1 is 1.03 bits per heavy atom. The lowest BCUT2D eigenvalue weighted by Crippen LogP contribution is -2.27. The minimum absolute atomic E-state index is 0.0797. The van der Waals surface area contributed by atoms with E-state index in [1.54, 1.807) is 24.5 Å². The highest BCUT2D eigenvalue weighted by molar-refractivity contribution is 5.70. The van der Waals surface area contributed by atoms with Gasteiger partial charge in [-0.15, -0.1) is 10.2 Å². The summed E-state index contributed by atoms with van der Waals surface area (Å²) in [6.45, 7) is -2.29. The molecule has 1 fully saturated rings. The van der Waals surface area contributed by atoms with Crippen LogP contribution in [0.2, 0.25) is 0 Å². The monoisotopic (exact) mass is 464 g/mol. The number of nitrogens with one attached hydrogen (secondary N) is 1. The van der Waals surface area contributed by atoms with E-state index in [-0.39, 0.29) is 5.75 Å². The number of anilines is 2. The molecule has 0 radical (unpaired) electrons. The van der Waals surface area contributed by atoms with Crippen LogP contribution in [0.4, 0.5) is 20.2 Å². The number of pyridine rings is 1. The Hall–Kier alpha value is -3.92. The molecule has 0 spiro atoms. The SMILES string of the molecule is FC(F)Oc1ccc(N(c2cccc(-c3nn[nH]n3)c2)C(OCC2CC2)c2cccnc2)cc1. The van der Waals surface area contributed by atoms with Crippen LogP contribution in [0.25, 0.3) is 11.4 Å². The van der Waals surface area contributed by atoms with Crippen LogP contribution >= 0.6 is 0 Å². The van der Waals surface area contributed by atoms with E-state index in [2.05, 4.69) is 30.3 Å². The number of tetrazole rings is 1. The van der Waals surface area contributed by atoms with Gasteiger partial charge in [0.1, 0.15) is 5.75 Å². The van der Waals surface area contributed by atoms with E-state index < -0.39 is 12.8 Å². The third-order valence-electron chi connectivity index (χ3n) is 5.46. The minimum Gasteiger partial charge on any atom is -0.435 e. The van der Waals surface area contributed by atoms with Gasteiger partial charge in [0.25, 0.3) is 0 Å². The van der Waals surface area contributed by atoms with Crippen molar-refractivity contribution in [3.63, 3.8) is 0 Å². The van der Waals surface area contributed by atoms with Crippen LogP contribution in [0.15, 0.2) is 73.1 Å². The molecule has 1 unspecified atom stereocenters. The number of ether oxygens (including phenoxy) is 2. The summed E-state index contributed by atoms with van der Waals surface area (Å²) in [7, 11) is 0. The van der Waals surface area contributed by atoms with Gasteiger partial charge in [-0.2, -0.15) is 14.0 Å². The maximum absolute atomic E-state index is 12.7. The van der Waals surface area contributed by atoms with Crippen LogP contribution < -0.4 is 9.64 Å². The molecule has 2 heterocycles. The molecule has 34 heavy (non-hydrogen) atoms. The smallest absolute Gasteiger partial charge is 0.387 e. The van der Waals surface area contributed by atoms with Crippen molar-refractivity contribution in [2.75, 3.05) is 11.5 Å².